The van der Waals surface area contributed by atoms with Crippen LogP contribution in [0.4, 0.5) is 0 Å². The molecule has 0 aliphatic heterocycles. The summed E-state index contributed by atoms with van der Waals surface area (Å²) < 4.78 is 4.73. The average molecular weight is 230 g/mol. The van der Waals surface area contributed by atoms with E-state index < -0.39 is 0 Å². The summed E-state index contributed by atoms with van der Waals surface area (Å²) in [5.74, 6) is -0.285. The molecule has 0 unspecified atom stereocenters. The quantitative estimate of drug-likeness (QED) is 0.448. The smallest absolute Gasteiger partial charge is 0.307 e. The van der Waals surface area contributed by atoms with Crippen LogP contribution in [0, 0.1) is 0 Å². The van der Waals surface area contributed by atoms with Gasteiger partial charge in [0.2, 0.25) is 5.91 Å². The van der Waals surface area contributed by atoms with Crippen molar-refractivity contribution >= 4 is 11.9 Å². The molecule has 0 fully saturated rings. The van der Waals surface area contributed by atoms with Gasteiger partial charge in [-0.25, -0.2) is 0 Å². The molecule has 0 saturated carbocycles. The van der Waals surface area contributed by atoms with Gasteiger partial charge in [-0.05, 0) is 26.3 Å². The lowest BCUT2D eigenvalue weighted by Crippen LogP contribution is -2.26. The number of hydrogen-bond donors (Lipinski definition) is 2. The largest absolute Gasteiger partial charge is 0.466 e. The van der Waals surface area contributed by atoms with E-state index in [1.807, 2.05) is 0 Å². The van der Waals surface area contributed by atoms with Crippen LogP contribution in [0.15, 0.2) is 0 Å². The lowest BCUT2D eigenvalue weighted by atomic mass is 10.2. The Bertz CT molecular complexity index is 207. The Labute approximate surface area is 96.7 Å². The van der Waals surface area contributed by atoms with Crippen LogP contribution in [0.3, 0.4) is 0 Å². The molecule has 0 radical (unpaired) electrons. The van der Waals surface area contributed by atoms with E-state index in [-0.39, 0.29) is 18.3 Å². The van der Waals surface area contributed by atoms with E-state index in [0.717, 1.165) is 19.3 Å². The number of unbranched alkanes of at least 4 members (excludes halogenated alkanes) is 2. The maximum absolute atomic E-state index is 11.3. The SMILES string of the molecule is CCOC(=O)CCNC(=O)CCCCCN. The van der Waals surface area contributed by atoms with Gasteiger partial charge in [0.05, 0.1) is 13.0 Å². The summed E-state index contributed by atoms with van der Waals surface area (Å²) in [4.78, 5) is 22.2. The van der Waals surface area contributed by atoms with Crippen LogP contribution in [0.1, 0.15) is 39.0 Å². The molecule has 0 aromatic rings. The Morgan fingerprint density at radius 3 is 2.56 bits per heavy atom. The summed E-state index contributed by atoms with van der Waals surface area (Å²) in [7, 11) is 0. The summed E-state index contributed by atoms with van der Waals surface area (Å²) >= 11 is 0. The monoisotopic (exact) mass is 230 g/mol. The average Bonchev–Trinajstić information content (AvgIpc) is 2.25. The second-order valence-corrected chi connectivity index (χ2v) is 3.50. The molecule has 0 aliphatic rings. The first-order valence-electron chi connectivity index (χ1n) is 5.83. The third-order valence-electron chi connectivity index (χ3n) is 2.06. The molecule has 0 heterocycles. The van der Waals surface area contributed by atoms with Gasteiger partial charge in [0, 0.05) is 13.0 Å². The van der Waals surface area contributed by atoms with E-state index in [9.17, 15) is 9.59 Å². The fourth-order valence-electron chi connectivity index (χ4n) is 1.23. The predicted molar refractivity (Wildman–Crippen MR) is 61.8 cm³/mol. The van der Waals surface area contributed by atoms with Gasteiger partial charge < -0.3 is 15.8 Å². The topological polar surface area (TPSA) is 81.4 Å². The van der Waals surface area contributed by atoms with Crippen molar-refractivity contribution in [1.82, 2.24) is 5.32 Å². The number of esters is 1. The number of carbonyl (C=O) groups is 2. The summed E-state index contributed by atoms with van der Waals surface area (Å²) in [6.45, 7) is 3.17. The Morgan fingerprint density at radius 1 is 1.19 bits per heavy atom. The van der Waals surface area contributed by atoms with E-state index in [1.54, 1.807) is 6.92 Å². The molecule has 0 aliphatic carbocycles. The van der Waals surface area contributed by atoms with E-state index >= 15 is 0 Å². The molecular formula is C11H22N2O3. The standard InChI is InChI=1S/C11H22N2O3/c1-2-16-11(15)7-9-13-10(14)6-4-3-5-8-12/h2-9,12H2,1H3,(H,13,14). The molecule has 0 atom stereocenters. The minimum absolute atomic E-state index is 0.0127. The molecule has 94 valence electrons. The maximum atomic E-state index is 11.3. The molecule has 3 N–H and O–H groups in total. The summed E-state index contributed by atoms with van der Waals surface area (Å²) in [6.07, 6.45) is 3.52. The van der Waals surface area contributed by atoms with Crippen molar-refractivity contribution in [2.75, 3.05) is 19.7 Å². The molecule has 5 heteroatoms. The van der Waals surface area contributed by atoms with Crippen molar-refractivity contribution < 1.29 is 14.3 Å². The van der Waals surface area contributed by atoms with E-state index in [0.29, 0.717) is 26.1 Å². The molecular weight excluding hydrogens is 208 g/mol. The third kappa shape index (κ3) is 9.45. The molecule has 1 amide bonds. The zero-order valence-electron chi connectivity index (χ0n) is 9.96. The van der Waals surface area contributed by atoms with Gasteiger partial charge in [0.1, 0.15) is 0 Å². The van der Waals surface area contributed by atoms with Crippen LogP contribution < -0.4 is 11.1 Å². The van der Waals surface area contributed by atoms with Crippen molar-refractivity contribution in [1.29, 1.82) is 0 Å². The highest BCUT2D eigenvalue weighted by Gasteiger charge is 2.03. The van der Waals surface area contributed by atoms with E-state index in [1.165, 1.54) is 0 Å². The minimum Gasteiger partial charge on any atom is -0.466 e. The minimum atomic E-state index is -0.272. The Hall–Kier alpha value is -1.10. The van der Waals surface area contributed by atoms with Crippen molar-refractivity contribution in [3.05, 3.63) is 0 Å². The highest BCUT2D eigenvalue weighted by atomic mass is 16.5. The molecule has 0 saturated heterocycles. The van der Waals surface area contributed by atoms with E-state index in [4.69, 9.17) is 10.5 Å². The van der Waals surface area contributed by atoms with Crippen molar-refractivity contribution in [2.45, 2.75) is 39.0 Å². The number of amides is 1. The summed E-state index contributed by atoms with van der Waals surface area (Å²) in [5, 5.41) is 2.68. The molecule has 0 bridgehead atoms. The van der Waals surface area contributed by atoms with Crippen LogP contribution in [-0.4, -0.2) is 31.6 Å². The van der Waals surface area contributed by atoms with Gasteiger partial charge in [-0.2, -0.15) is 0 Å². The van der Waals surface area contributed by atoms with Crippen molar-refractivity contribution in [2.24, 2.45) is 5.73 Å². The number of ether oxygens (including phenoxy) is 1. The normalized spacial score (nSPS) is 9.88. The second-order valence-electron chi connectivity index (χ2n) is 3.50. The van der Waals surface area contributed by atoms with Crippen LogP contribution in [0.25, 0.3) is 0 Å². The second kappa shape index (κ2) is 10.4. The number of nitrogens with one attached hydrogen (secondary N) is 1. The van der Waals surface area contributed by atoms with Crippen molar-refractivity contribution in [3.63, 3.8) is 0 Å². The number of hydrogen-bond acceptors (Lipinski definition) is 4. The van der Waals surface area contributed by atoms with Gasteiger partial charge in [0.25, 0.3) is 0 Å². The predicted octanol–water partition coefficient (Wildman–Crippen LogP) is 0.575. The molecule has 5 nitrogen and oxygen atoms in total. The van der Waals surface area contributed by atoms with Gasteiger partial charge in [-0.15, -0.1) is 0 Å². The fourth-order valence-corrected chi connectivity index (χ4v) is 1.23. The third-order valence-corrected chi connectivity index (χ3v) is 2.06. The number of nitrogens with two attached hydrogens (primary N) is 1. The van der Waals surface area contributed by atoms with Crippen molar-refractivity contribution in [3.8, 4) is 0 Å². The molecule has 0 spiro atoms. The first-order chi connectivity index (χ1) is 7.70. The lowest BCUT2D eigenvalue weighted by Gasteiger charge is -2.04. The maximum Gasteiger partial charge on any atom is 0.307 e. The molecule has 0 rings (SSSR count). The highest BCUT2D eigenvalue weighted by molar-refractivity contribution is 5.76. The summed E-state index contributed by atoms with van der Waals surface area (Å²) in [5.41, 5.74) is 5.34. The first-order valence-corrected chi connectivity index (χ1v) is 5.83. The lowest BCUT2D eigenvalue weighted by molar-refractivity contribution is -0.143. The van der Waals surface area contributed by atoms with Crippen LogP contribution in [-0.2, 0) is 14.3 Å². The molecule has 16 heavy (non-hydrogen) atoms. The van der Waals surface area contributed by atoms with Crippen LogP contribution >= 0.6 is 0 Å². The summed E-state index contributed by atoms with van der Waals surface area (Å²) in [6, 6.07) is 0. The number of rotatable bonds is 9. The zero-order chi connectivity index (χ0) is 12.2. The van der Waals surface area contributed by atoms with Crippen LogP contribution in [0.5, 0.6) is 0 Å². The molecule has 0 aromatic heterocycles. The Balaban J connectivity index is 3.33. The molecule has 0 aromatic carbocycles. The van der Waals surface area contributed by atoms with Crippen LogP contribution in [0.2, 0.25) is 0 Å². The Kier molecular flexibility index (Phi) is 9.70. The van der Waals surface area contributed by atoms with Gasteiger partial charge in [0.15, 0.2) is 0 Å². The zero-order valence-corrected chi connectivity index (χ0v) is 9.96. The van der Waals surface area contributed by atoms with Gasteiger partial charge in [-0.3, -0.25) is 9.59 Å². The fraction of sp³-hybridized carbons (Fsp3) is 0.818. The highest BCUT2D eigenvalue weighted by Crippen LogP contribution is 1.98. The van der Waals surface area contributed by atoms with Gasteiger partial charge >= 0.3 is 5.97 Å². The van der Waals surface area contributed by atoms with Gasteiger partial charge in [-0.1, -0.05) is 6.42 Å². The first kappa shape index (κ1) is 14.9. The Morgan fingerprint density at radius 2 is 1.94 bits per heavy atom. The van der Waals surface area contributed by atoms with E-state index in [2.05, 4.69) is 5.32 Å². The number of carbonyl (C=O) groups excluding carboxylic acids is 2.